The Labute approximate surface area is 80.9 Å². The summed E-state index contributed by atoms with van der Waals surface area (Å²) >= 11 is 3.38. The maximum Gasteiger partial charge on any atom is 0.127 e. The standard InChI is InChI=1S/C10H12BrF/c1-6-4-5-9(12)10(7(6)2)8(3)11/h4-5,8H,1-3H3. The van der Waals surface area contributed by atoms with Gasteiger partial charge < -0.3 is 0 Å². The predicted molar refractivity (Wildman–Crippen MR) is 53.2 cm³/mol. The molecule has 12 heavy (non-hydrogen) atoms. The minimum atomic E-state index is -0.123. The monoisotopic (exact) mass is 230 g/mol. The quantitative estimate of drug-likeness (QED) is 0.643. The fraction of sp³-hybridized carbons (Fsp3) is 0.400. The van der Waals surface area contributed by atoms with Crippen LogP contribution in [-0.4, -0.2) is 0 Å². The molecule has 0 nitrogen and oxygen atoms in total. The van der Waals surface area contributed by atoms with Crippen LogP contribution in [0.3, 0.4) is 0 Å². The van der Waals surface area contributed by atoms with Crippen molar-refractivity contribution < 1.29 is 4.39 Å². The molecule has 0 aliphatic heterocycles. The van der Waals surface area contributed by atoms with Crippen molar-refractivity contribution in [3.63, 3.8) is 0 Å². The molecule has 1 aromatic carbocycles. The SMILES string of the molecule is Cc1ccc(F)c(C(C)Br)c1C. The van der Waals surface area contributed by atoms with Gasteiger partial charge in [0.05, 0.1) is 0 Å². The smallest absolute Gasteiger partial charge is 0.127 e. The van der Waals surface area contributed by atoms with Crippen molar-refractivity contribution in [2.75, 3.05) is 0 Å². The Hall–Kier alpha value is -0.370. The highest BCUT2D eigenvalue weighted by Gasteiger charge is 2.11. The largest absolute Gasteiger partial charge is 0.207 e. The highest BCUT2D eigenvalue weighted by molar-refractivity contribution is 9.09. The lowest BCUT2D eigenvalue weighted by Gasteiger charge is -2.11. The Bertz CT molecular complexity index is 292. The molecular formula is C10H12BrF. The molecule has 66 valence electrons. The van der Waals surface area contributed by atoms with Crippen LogP contribution in [0.4, 0.5) is 4.39 Å². The van der Waals surface area contributed by atoms with Gasteiger partial charge >= 0.3 is 0 Å². The Morgan fingerprint density at radius 1 is 1.33 bits per heavy atom. The van der Waals surface area contributed by atoms with E-state index >= 15 is 0 Å². The first-order valence-corrected chi connectivity index (χ1v) is 4.85. The van der Waals surface area contributed by atoms with Crippen LogP contribution in [0, 0.1) is 19.7 Å². The molecule has 0 amide bonds. The van der Waals surface area contributed by atoms with E-state index in [1.54, 1.807) is 0 Å². The molecule has 0 saturated carbocycles. The van der Waals surface area contributed by atoms with Crippen molar-refractivity contribution in [2.45, 2.75) is 25.6 Å². The Balaban J connectivity index is 3.33. The first-order valence-electron chi connectivity index (χ1n) is 3.93. The third-order valence-electron chi connectivity index (χ3n) is 2.13. The first-order chi connectivity index (χ1) is 5.54. The maximum absolute atomic E-state index is 13.3. The van der Waals surface area contributed by atoms with Crippen molar-refractivity contribution in [2.24, 2.45) is 0 Å². The van der Waals surface area contributed by atoms with Crippen LogP contribution >= 0.6 is 15.9 Å². The lowest BCUT2D eigenvalue weighted by molar-refractivity contribution is 0.609. The average molecular weight is 231 g/mol. The van der Waals surface area contributed by atoms with Crippen LogP contribution in [0.15, 0.2) is 12.1 Å². The Kier molecular flexibility index (Phi) is 2.89. The summed E-state index contributed by atoms with van der Waals surface area (Å²) in [7, 11) is 0. The molecule has 0 fully saturated rings. The zero-order valence-electron chi connectivity index (χ0n) is 7.49. The average Bonchev–Trinajstić information content (AvgIpc) is 1.97. The summed E-state index contributed by atoms with van der Waals surface area (Å²) in [6.07, 6.45) is 0. The molecule has 0 radical (unpaired) electrons. The molecule has 0 saturated heterocycles. The van der Waals surface area contributed by atoms with Crippen molar-refractivity contribution >= 4 is 15.9 Å². The van der Waals surface area contributed by atoms with Crippen LogP contribution in [0.1, 0.15) is 28.4 Å². The van der Waals surface area contributed by atoms with Crippen molar-refractivity contribution in [3.8, 4) is 0 Å². The van der Waals surface area contributed by atoms with Gasteiger partial charge in [-0.3, -0.25) is 0 Å². The van der Waals surface area contributed by atoms with Gasteiger partial charge in [-0.1, -0.05) is 22.0 Å². The number of halogens is 2. The molecule has 0 bridgehead atoms. The second kappa shape index (κ2) is 3.56. The van der Waals surface area contributed by atoms with Gasteiger partial charge in [-0.25, -0.2) is 4.39 Å². The zero-order valence-corrected chi connectivity index (χ0v) is 9.07. The molecule has 1 aromatic rings. The number of hydrogen-bond acceptors (Lipinski definition) is 0. The van der Waals surface area contributed by atoms with E-state index in [0.29, 0.717) is 0 Å². The summed E-state index contributed by atoms with van der Waals surface area (Å²) in [6.45, 7) is 5.88. The van der Waals surface area contributed by atoms with Crippen molar-refractivity contribution in [3.05, 3.63) is 34.6 Å². The Morgan fingerprint density at radius 3 is 2.33 bits per heavy atom. The number of aryl methyl sites for hydroxylation is 1. The molecule has 0 heterocycles. The molecule has 0 N–H and O–H groups in total. The topological polar surface area (TPSA) is 0 Å². The van der Waals surface area contributed by atoms with Crippen LogP contribution in [-0.2, 0) is 0 Å². The van der Waals surface area contributed by atoms with Crippen LogP contribution < -0.4 is 0 Å². The highest BCUT2D eigenvalue weighted by Crippen LogP contribution is 2.29. The highest BCUT2D eigenvalue weighted by atomic mass is 79.9. The van der Waals surface area contributed by atoms with E-state index in [1.807, 2.05) is 26.8 Å². The van der Waals surface area contributed by atoms with Crippen LogP contribution in [0.25, 0.3) is 0 Å². The second-order valence-corrected chi connectivity index (χ2v) is 4.39. The number of hydrogen-bond donors (Lipinski definition) is 0. The maximum atomic E-state index is 13.3. The van der Waals surface area contributed by atoms with Gasteiger partial charge in [0.1, 0.15) is 5.82 Å². The molecule has 0 aromatic heterocycles. The third-order valence-corrected chi connectivity index (χ3v) is 2.59. The van der Waals surface area contributed by atoms with Gasteiger partial charge in [-0.2, -0.15) is 0 Å². The van der Waals surface area contributed by atoms with Crippen molar-refractivity contribution in [1.82, 2.24) is 0 Å². The fourth-order valence-electron chi connectivity index (χ4n) is 1.29. The Morgan fingerprint density at radius 2 is 1.92 bits per heavy atom. The fourth-order valence-corrected chi connectivity index (χ4v) is 1.85. The minimum absolute atomic E-state index is 0.0809. The summed E-state index contributed by atoms with van der Waals surface area (Å²) < 4.78 is 13.3. The lowest BCUT2D eigenvalue weighted by Crippen LogP contribution is -1.96. The van der Waals surface area contributed by atoms with E-state index in [2.05, 4.69) is 15.9 Å². The minimum Gasteiger partial charge on any atom is -0.207 e. The summed E-state index contributed by atoms with van der Waals surface area (Å²) in [6, 6.07) is 3.33. The molecule has 1 unspecified atom stereocenters. The van der Waals surface area contributed by atoms with E-state index in [1.165, 1.54) is 6.07 Å². The molecule has 1 rings (SSSR count). The molecule has 2 heteroatoms. The van der Waals surface area contributed by atoms with Gasteiger partial charge in [0.15, 0.2) is 0 Å². The summed E-state index contributed by atoms with van der Waals surface area (Å²) in [4.78, 5) is 0.0809. The summed E-state index contributed by atoms with van der Waals surface area (Å²) in [5.41, 5.74) is 2.95. The van der Waals surface area contributed by atoms with E-state index in [-0.39, 0.29) is 10.6 Å². The molecule has 1 atom stereocenters. The van der Waals surface area contributed by atoms with Crippen LogP contribution in [0.2, 0.25) is 0 Å². The van der Waals surface area contributed by atoms with E-state index in [0.717, 1.165) is 16.7 Å². The lowest BCUT2D eigenvalue weighted by atomic mass is 10.0. The van der Waals surface area contributed by atoms with Gasteiger partial charge in [-0.05, 0) is 38.0 Å². The number of benzene rings is 1. The van der Waals surface area contributed by atoms with Gasteiger partial charge in [-0.15, -0.1) is 0 Å². The summed E-state index contributed by atoms with van der Waals surface area (Å²) in [5.74, 6) is -0.123. The van der Waals surface area contributed by atoms with Gasteiger partial charge in [0.25, 0.3) is 0 Å². The van der Waals surface area contributed by atoms with Crippen molar-refractivity contribution in [1.29, 1.82) is 0 Å². The van der Waals surface area contributed by atoms with E-state index in [4.69, 9.17) is 0 Å². The van der Waals surface area contributed by atoms with E-state index < -0.39 is 0 Å². The summed E-state index contributed by atoms with van der Waals surface area (Å²) in [5, 5.41) is 0. The molecule has 0 aliphatic carbocycles. The van der Waals surface area contributed by atoms with Gasteiger partial charge in [0, 0.05) is 10.4 Å². The first kappa shape index (κ1) is 9.72. The van der Waals surface area contributed by atoms with Gasteiger partial charge in [0.2, 0.25) is 0 Å². The third kappa shape index (κ3) is 1.69. The second-order valence-electron chi connectivity index (χ2n) is 3.02. The zero-order chi connectivity index (χ0) is 9.30. The number of rotatable bonds is 1. The van der Waals surface area contributed by atoms with Crippen LogP contribution in [0.5, 0.6) is 0 Å². The normalized spacial score (nSPS) is 13.1. The molecule has 0 spiro atoms. The predicted octanol–water partition coefficient (Wildman–Crippen LogP) is 3.90. The molecular weight excluding hydrogens is 219 g/mol. The van der Waals surface area contributed by atoms with E-state index in [9.17, 15) is 4.39 Å². The number of alkyl halides is 1. The molecule has 0 aliphatic rings.